The molecule has 0 heterocycles. The molecule has 338 valence electrons. The summed E-state index contributed by atoms with van der Waals surface area (Å²) in [5.41, 5.74) is 1.63. The van der Waals surface area contributed by atoms with Crippen LogP contribution in [-0.2, 0) is 0 Å². The number of hydrogen-bond donors (Lipinski definition) is 1. The van der Waals surface area contributed by atoms with Gasteiger partial charge in [0.05, 0.1) is 0 Å². The molecule has 2 heteroatoms. The van der Waals surface area contributed by atoms with E-state index in [0.717, 1.165) is 0 Å². The van der Waals surface area contributed by atoms with Crippen LogP contribution in [0.25, 0.3) is 0 Å². The second kappa shape index (κ2) is 44.7. The van der Waals surface area contributed by atoms with Gasteiger partial charge in [-0.05, 0) is 16.6 Å². The zero-order valence-electron chi connectivity index (χ0n) is 40.5. The Morgan fingerprint density at radius 2 is 0.357 bits per heavy atom. The Morgan fingerprint density at radius 1 is 0.232 bits per heavy atom. The Morgan fingerprint density at radius 3 is 0.500 bits per heavy atom. The molecule has 0 fully saturated rings. The van der Waals surface area contributed by atoms with Crippen molar-refractivity contribution in [2.75, 3.05) is 0 Å². The van der Waals surface area contributed by atoms with E-state index in [9.17, 15) is 4.80 Å². The van der Waals surface area contributed by atoms with Gasteiger partial charge < -0.3 is 4.80 Å². The van der Waals surface area contributed by atoms with Gasteiger partial charge in [-0.2, -0.15) is 0 Å². The molecule has 1 N–H and O–H groups in total. The number of hydrogen-bond acceptors (Lipinski definition) is 1. The van der Waals surface area contributed by atoms with E-state index in [1.807, 2.05) is 0 Å². The molecule has 0 aromatic carbocycles. The summed E-state index contributed by atoms with van der Waals surface area (Å²) in [4.78, 5) is 12.8. The molecule has 0 saturated carbocycles. The van der Waals surface area contributed by atoms with Crippen LogP contribution in [0.1, 0.15) is 330 Å². The number of unbranched alkanes of at least 4 members (excludes halogenated alkanes) is 39. The summed E-state index contributed by atoms with van der Waals surface area (Å²) in [6.45, 7) is 14.4. The summed E-state index contributed by atoms with van der Waals surface area (Å²) in [6.07, 6.45) is 63.8. The van der Waals surface area contributed by atoms with Crippen LogP contribution in [0.15, 0.2) is 0 Å². The molecule has 56 heavy (non-hydrogen) atoms. The van der Waals surface area contributed by atoms with Crippen LogP contribution in [0.4, 0.5) is 0 Å². The van der Waals surface area contributed by atoms with Crippen molar-refractivity contribution >= 4 is 8.32 Å². The summed E-state index contributed by atoms with van der Waals surface area (Å²) in [6, 6.07) is 0. The molecule has 0 saturated heterocycles. The van der Waals surface area contributed by atoms with Crippen molar-refractivity contribution in [3.63, 3.8) is 0 Å². The molecular formula is C54H112OSi. The van der Waals surface area contributed by atoms with E-state index >= 15 is 0 Å². The third-order valence-electron chi connectivity index (χ3n) is 14.3. The van der Waals surface area contributed by atoms with E-state index < -0.39 is 8.32 Å². The maximum Gasteiger partial charge on any atom is 0.196 e. The van der Waals surface area contributed by atoms with Gasteiger partial charge in [0.25, 0.3) is 0 Å². The first kappa shape index (κ1) is 56.2. The van der Waals surface area contributed by atoms with Crippen LogP contribution in [0, 0.1) is 0 Å². The van der Waals surface area contributed by atoms with Gasteiger partial charge >= 0.3 is 0 Å². The number of rotatable bonds is 48. The monoisotopic (exact) mass is 805 g/mol. The van der Waals surface area contributed by atoms with E-state index in [1.165, 1.54) is 289 Å². The van der Waals surface area contributed by atoms with Gasteiger partial charge in [-0.1, -0.05) is 330 Å². The highest BCUT2D eigenvalue weighted by Gasteiger charge is 2.46. The van der Waals surface area contributed by atoms with Crippen molar-refractivity contribution < 1.29 is 4.80 Å². The largest absolute Gasteiger partial charge is 0.431 e. The lowest BCUT2D eigenvalue weighted by Crippen LogP contribution is -2.47. The molecule has 0 aliphatic carbocycles. The third-order valence-corrected chi connectivity index (χ3v) is 19.9. The van der Waals surface area contributed by atoms with Gasteiger partial charge in [0.15, 0.2) is 8.32 Å². The van der Waals surface area contributed by atoms with Crippen molar-refractivity contribution in [2.24, 2.45) is 0 Å². The zero-order valence-corrected chi connectivity index (χ0v) is 41.5. The summed E-state index contributed by atoms with van der Waals surface area (Å²) in [5, 5.41) is 0. The predicted molar refractivity (Wildman–Crippen MR) is 261 cm³/mol. The maximum absolute atomic E-state index is 12.8. The fourth-order valence-corrected chi connectivity index (χ4v) is 15.0. The van der Waals surface area contributed by atoms with Crippen molar-refractivity contribution in [3.8, 4) is 0 Å². The Labute approximate surface area is 358 Å². The summed E-state index contributed by atoms with van der Waals surface area (Å²) < 4.78 is 0. The van der Waals surface area contributed by atoms with Gasteiger partial charge in [0, 0.05) is 0 Å². The van der Waals surface area contributed by atoms with E-state index in [-0.39, 0.29) is 0 Å². The molecule has 3 unspecified atom stereocenters. The highest BCUT2D eigenvalue weighted by atomic mass is 28.4. The normalized spacial score (nSPS) is 14.6. The van der Waals surface area contributed by atoms with Gasteiger partial charge in [-0.3, -0.25) is 0 Å². The summed E-state index contributed by atoms with van der Waals surface area (Å²) in [7, 11) is -2.37. The van der Waals surface area contributed by atoms with Crippen LogP contribution in [0.5, 0.6) is 0 Å². The average Bonchev–Trinajstić information content (AvgIpc) is 3.20. The molecule has 1 nitrogen and oxygen atoms in total. The van der Waals surface area contributed by atoms with E-state index in [4.69, 9.17) is 0 Å². The van der Waals surface area contributed by atoms with E-state index in [0.29, 0.717) is 16.6 Å². The highest BCUT2D eigenvalue weighted by Crippen LogP contribution is 2.46. The van der Waals surface area contributed by atoms with Crippen molar-refractivity contribution in [1.82, 2.24) is 0 Å². The standard InChI is InChI=1S/C54H112OSi/c1-7-10-13-16-19-22-25-28-31-34-37-40-43-46-49-52(4)56(55,53(5)50-47-44-41-38-35-32-29-26-23-20-17-14-11-8-2)54(6)51-48-45-42-39-36-33-30-27-24-21-18-15-12-9-3/h52-55H,7-51H2,1-6H3. The van der Waals surface area contributed by atoms with E-state index in [1.54, 1.807) is 0 Å². The first-order valence-electron chi connectivity index (χ1n) is 27.2. The second-order valence-corrected chi connectivity index (χ2v) is 24.5. The molecule has 0 bridgehead atoms. The molecule has 0 amide bonds. The van der Waals surface area contributed by atoms with E-state index in [2.05, 4.69) is 41.5 Å². The average molecular weight is 806 g/mol. The smallest absolute Gasteiger partial charge is 0.196 e. The van der Waals surface area contributed by atoms with Gasteiger partial charge in [0.1, 0.15) is 0 Å². The molecule has 0 aromatic rings. The van der Waals surface area contributed by atoms with Crippen molar-refractivity contribution in [1.29, 1.82) is 0 Å². The second-order valence-electron chi connectivity index (χ2n) is 19.7. The minimum absolute atomic E-state index is 0.545. The molecule has 0 spiro atoms. The van der Waals surface area contributed by atoms with Gasteiger partial charge in [0.2, 0.25) is 0 Å². The molecule has 0 rings (SSSR count). The van der Waals surface area contributed by atoms with Crippen LogP contribution in [0.3, 0.4) is 0 Å². The first-order valence-corrected chi connectivity index (χ1v) is 29.3. The van der Waals surface area contributed by atoms with Crippen LogP contribution < -0.4 is 0 Å². The van der Waals surface area contributed by atoms with Crippen molar-refractivity contribution in [3.05, 3.63) is 0 Å². The third kappa shape index (κ3) is 35.0. The lowest BCUT2D eigenvalue weighted by Gasteiger charge is -2.42. The Balaban J connectivity index is 4.48. The minimum Gasteiger partial charge on any atom is -0.431 e. The lowest BCUT2D eigenvalue weighted by atomic mass is 10.0. The topological polar surface area (TPSA) is 20.2 Å². The summed E-state index contributed by atoms with van der Waals surface area (Å²) in [5.74, 6) is 0. The fourth-order valence-electron chi connectivity index (χ4n) is 10.1. The van der Waals surface area contributed by atoms with Gasteiger partial charge in [-0.25, -0.2) is 0 Å². The Hall–Kier alpha value is 0.177. The van der Waals surface area contributed by atoms with Crippen LogP contribution in [-0.4, -0.2) is 13.1 Å². The van der Waals surface area contributed by atoms with Gasteiger partial charge in [-0.15, -0.1) is 0 Å². The highest BCUT2D eigenvalue weighted by molar-refractivity contribution is 6.76. The lowest BCUT2D eigenvalue weighted by molar-refractivity contribution is 0.419. The molecule has 3 atom stereocenters. The fraction of sp³-hybridized carbons (Fsp3) is 1.00. The summed E-state index contributed by atoms with van der Waals surface area (Å²) >= 11 is 0. The quantitative estimate of drug-likeness (QED) is 0.0480. The first-order chi connectivity index (χ1) is 27.4. The minimum atomic E-state index is -2.37. The van der Waals surface area contributed by atoms with Crippen molar-refractivity contribution in [2.45, 2.75) is 347 Å². The Kier molecular flexibility index (Phi) is 44.9. The van der Waals surface area contributed by atoms with Crippen LogP contribution in [0.2, 0.25) is 16.6 Å². The van der Waals surface area contributed by atoms with Crippen LogP contribution >= 0.6 is 0 Å². The molecule has 0 radical (unpaired) electrons. The predicted octanol–water partition coefficient (Wildman–Crippen LogP) is 20.7. The SMILES string of the molecule is CCCCCCCCCCCCCCCCC(C)[Si](O)(C(C)CCCCCCCCCCCCCCCC)C(C)CCCCCCCCCCCCCCCC. The molecular weight excluding hydrogens is 693 g/mol. The molecule has 0 aliphatic rings. The molecule has 0 aliphatic heterocycles. The Bertz CT molecular complexity index is 628. The molecule has 0 aromatic heterocycles. The zero-order chi connectivity index (χ0) is 41.1. The maximum atomic E-state index is 12.8.